The Morgan fingerprint density at radius 1 is 1.14 bits per heavy atom. The van der Waals surface area contributed by atoms with Crippen LogP contribution in [0.5, 0.6) is 0 Å². The van der Waals surface area contributed by atoms with E-state index in [1.807, 2.05) is 38.7 Å². The molecule has 10 heteroatoms. The van der Waals surface area contributed by atoms with Gasteiger partial charge in [-0.15, -0.1) is 0 Å². The Morgan fingerprint density at radius 3 is 2.43 bits per heavy atom. The summed E-state index contributed by atoms with van der Waals surface area (Å²) in [6.45, 7) is 9.50. The Morgan fingerprint density at radius 2 is 1.84 bits per heavy atom. The second kappa shape index (κ2) is 8.14. The molecule has 0 bridgehead atoms. The van der Waals surface area contributed by atoms with Crippen LogP contribution in [0.1, 0.15) is 53.4 Å². The number of rotatable bonds is 7. The van der Waals surface area contributed by atoms with Crippen molar-refractivity contribution in [2.24, 2.45) is 17.3 Å². The molecule has 3 saturated carbocycles. The fourth-order valence-corrected chi connectivity index (χ4v) is 7.00. The van der Waals surface area contributed by atoms with Crippen LogP contribution < -0.4 is 14.9 Å². The van der Waals surface area contributed by atoms with Crippen LogP contribution in [0.4, 0.5) is 11.5 Å². The van der Waals surface area contributed by atoms with Crippen LogP contribution in [0.3, 0.4) is 0 Å². The van der Waals surface area contributed by atoms with Crippen molar-refractivity contribution in [3.8, 4) is 0 Å². The lowest BCUT2D eigenvalue weighted by molar-refractivity contribution is -0.136. The van der Waals surface area contributed by atoms with Crippen LogP contribution in [-0.4, -0.2) is 61.3 Å². The van der Waals surface area contributed by atoms with Gasteiger partial charge in [0.05, 0.1) is 15.8 Å². The molecule has 198 valence electrons. The molecule has 2 aromatic rings. The summed E-state index contributed by atoms with van der Waals surface area (Å²) in [6, 6.07) is 7.00. The second-order valence-electron chi connectivity index (χ2n) is 12.1. The van der Waals surface area contributed by atoms with Gasteiger partial charge in [0.15, 0.2) is 0 Å². The first-order valence-electron chi connectivity index (χ1n) is 13.3. The average molecular weight is 526 g/mol. The zero-order chi connectivity index (χ0) is 26.3. The molecular weight excluding hydrogens is 490 g/mol. The van der Waals surface area contributed by atoms with E-state index in [9.17, 15) is 18.0 Å². The van der Waals surface area contributed by atoms with Crippen LogP contribution in [-0.2, 0) is 19.6 Å². The second-order valence-corrected chi connectivity index (χ2v) is 13.8. The zero-order valence-electron chi connectivity index (χ0n) is 21.9. The number of piperazine rings is 1. The number of benzene rings is 1. The molecule has 1 aliphatic heterocycles. The maximum absolute atomic E-state index is 13.4. The third kappa shape index (κ3) is 4.37. The van der Waals surface area contributed by atoms with E-state index in [1.54, 1.807) is 18.2 Å². The number of hydrogen-bond donors (Lipinski definition) is 2. The number of nitrogens with one attached hydrogen (secondary N) is 2. The van der Waals surface area contributed by atoms with Crippen molar-refractivity contribution in [3.05, 3.63) is 24.3 Å². The van der Waals surface area contributed by atoms with Crippen LogP contribution in [0.25, 0.3) is 10.9 Å². The largest absolute Gasteiger partial charge is 0.367 e. The smallest absolute Gasteiger partial charge is 0.241 e. The first-order valence-corrected chi connectivity index (χ1v) is 14.7. The van der Waals surface area contributed by atoms with Crippen molar-refractivity contribution in [1.29, 1.82) is 0 Å². The van der Waals surface area contributed by atoms with Gasteiger partial charge in [-0.1, -0.05) is 13.8 Å². The summed E-state index contributed by atoms with van der Waals surface area (Å²) in [5.74, 6) is 1.03. The molecule has 6 rings (SSSR count). The SMILES string of the molecule is CC(C)C(=O)N1CCN(c2cc(S(=O)(=O)NC3(C)CC3)cc3nc(NC(=O)C45CC4C5)ccc23)C[C@@H]1C. The summed E-state index contributed by atoms with van der Waals surface area (Å²) < 4.78 is 29.6. The van der Waals surface area contributed by atoms with Gasteiger partial charge in [0, 0.05) is 48.2 Å². The molecule has 1 saturated heterocycles. The van der Waals surface area contributed by atoms with Gasteiger partial charge < -0.3 is 15.1 Å². The van der Waals surface area contributed by atoms with Crippen LogP contribution in [0.15, 0.2) is 29.2 Å². The van der Waals surface area contributed by atoms with E-state index in [2.05, 4.69) is 19.9 Å². The van der Waals surface area contributed by atoms with Gasteiger partial charge in [0.1, 0.15) is 5.82 Å². The molecule has 2 heterocycles. The van der Waals surface area contributed by atoms with Crippen molar-refractivity contribution in [2.45, 2.75) is 69.9 Å². The molecule has 2 N–H and O–H groups in total. The minimum atomic E-state index is -3.77. The number of carbonyl (C=O) groups excluding carboxylic acids is 2. The Kier molecular flexibility index (Phi) is 5.41. The standard InChI is InChI=1S/C27H35N5O4S/c1-16(2)24(33)32-10-9-31(15-17(32)3)22-12-19(37(35,36)30-26(4)7-8-26)11-21-20(22)5-6-23(28-21)29-25(34)27-13-18(27)14-27/h5-6,11-12,16-18,30H,7-10,13-15H2,1-4H3,(H,28,29,34)/t17-,18?,27?/m0/s1. The summed E-state index contributed by atoms with van der Waals surface area (Å²) in [6.07, 6.45) is 3.53. The molecule has 1 atom stereocenters. The van der Waals surface area contributed by atoms with Crippen molar-refractivity contribution in [1.82, 2.24) is 14.6 Å². The van der Waals surface area contributed by atoms with Gasteiger partial charge in [-0.25, -0.2) is 18.1 Å². The highest BCUT2D eigenvalue weighted by atomic mass is 32.2. The number of nitrogens with zero attached hydrogens (tertiary/aromatic N) is 3. The van der Waals surface area contributed by atoms with Gasteiger partial charge >= 0.3 is 0 Å². The molecule has 4 fully saturated rings. The number of hydrogen-bond acceptors (Lipinski definition) is 6. The van der Waals surface area contributed by atoms with Crippen molar-refractivity contribution in [2.75, 3.05) is 29.9 Å². The van der Waals surface area contributed by atoms with E-state index in [4.69, 9.17) is 0 Å². The molecule has 37 heavy (non-hydrogen) atoms. The van der Waals surface area contributed by atoms with Crippen LogP contribution >= 0.6 is 0 Å². The normalized spacial score (nSPS) is 27.7. The Hall–Kier alpha value is -2.72. The number of aromatic nitrogens is 1. The highest BCUT2D eigenvalue weighted by Crippen LogP contribution is 2.75. The molecule has 4 aliphatic rings. The number of anilines is 2. The molecule has 0 unspecified atom stereocenters. The van der Waals surface area contributed by atoms with Gasteiger partial charge in [-0.2, -0.15) is 0 Å². The van der Waals surface area contributed by atoms with E-state index < -0.39 is 15.6 Å². The molecule has 0 radical (unpaired) electrons. The highest BCUT2D eigenvalue weighted by molar-refractivity contribution is 7.89. The minimum absolute atomic E-state index is 0.0106. The fraction of sp³-hybridized carbons (Fsp3) is 0.593. The lowest BCUT2D eigenvalue weighted by Crippen LogP contribution is -2.55. The van der Waals surface area contributed by atoms with Gasteiger partial charge in [-0.3, -0.25) is 9.59 Å². The maximum atomic E-state index is 13.4. The number of carbonyl (C=O) groups is 2. The maximum Gasteiger partial charge on any atom is 0.241 e. The summed E-state index contributed by atoms with van der Waals surface area (Å²) in [7, 11) is -3.77. The molecule has 0 spiro atoms. The fourth-order valence-electron chi connectivity index (χ4n) is 5.50. The number of fused-ring (bicyclic) bond motifs is 2. The molecule has 9 nitrogen and oxygen atoms in total. The van der Waals surface area contributed by atoms with E-state index in [0.29, 0.717) is 36.9 Å². The number of sulfonamides is 1. The van der Waals surface area contributed by atoms with E-state index in [1.165, 1.54) is 0 Å². The van der Waals surface area contributed by atoms with Crippen molar-refractivity contribution in [3.63, 3.8) is 0 Å². The van der Waals surface area contributed by atoms with E-state index in [0.717, 1.165) is 36.8 Å². The lowest BCUT2D eigenvalue weighted by atomic mass is 10.1. The van der Waals surface area contributed by atoms with Crippen LogP contribution in [0, 0.1) is 17.3 Å². The van der Waals surface area contributed by atoms with Gasteiger partial charge in [0.2, 0.25) is 21.8 Å². The summed E-state index contributed by atoms with van der Waals surface area (Å²) in [4.78, 5) is 34.2. The molecule has 1 aromatic heterocycles. The first kappa shape index (κ1) is 24.6. The quantitative estimate of drug-likeness (QED) is 0.575. The van der Waals surface area contributed by atoms with E-state index in [-0.39, 0.29) is 34.1 Å². The number of pyridine rings is 1. The minimum Gasteiger partial charge on any atom is -0.367 e. The van der Waals surface area contributed by atoms with Crippen molar-refractivity contribution < 1.29 is 18.0 Å². The van der Waals surface area contributed by atoms with Crippen LogP contribution in [0.2, 0.25) is 0 Å². The third-order valence-corrected chi connectivity index (χ3v) is 10.2. The Labute approximate surface area is 218 Å². The predicted molar refractivity (Wildman–Crippen MR) is 142 cm³/mol. The third-order valence-electron chi connectivity index (χ3n) is 8.57. The monoisotopic (exact) mass is 525 g/mol. The molecule has 2 amide bonds. The summed E-state index contributed by atoms with van der Waals surface area (Å²) in [5.41, 5.74) is 0.708. The zero-order valence-corrected chi connectivity index (χ0v) is 22.7. The van der Waals surface area contributed by atoms with Gasteiger partial charge in [-0.05, 0) is 69.7 Å². The predicted octanol–water partition coefficient (Wildman–Crippen LogP) is 3.11. The summed E-state index contributed by atoms with van der Waals surface area (Å²) in [5, 5.41) is 3.77. The average Bonchev–Trinajstić information content (AvgIpc) is 3.74. The summed E-state index contributed by atoms with van der Waals surface area (Å²) >= 11 is 0. The topological polar surface area (TPSA) is 112 Å². The molecular formula is C27H35N5O4S. The Bertz CT molecular complexity index is 1410. The highest BCUT2D eigenvalue weighted by Gasteiger charge is 2.74. The van der Waals surface area contributed by atoms with Crippen molar-refractivity contribution >= 4 is 44.2 Å². The molecule has 1 aromatic carbocycles. The number of amides is 2. The Balaban J connectivity index is 1.36. The first-order chi connectivity index (χ1) is 17.4. The van der Waals surface area contributed by atoms with Gasteiger partial charge in [0.25, 0.3) is 0 Å². The lowest BCUT2D eigenvalue weighted by Gasteiger charge is -2.42. The van der Waals surface area contributed by atoms with E-state index >= 15 is 0 Å². The molecule has 3 aliphatic carbocycles.